The molecule has 0 spiro atoms. The topological polar surface area (TPSA) is 152 Å². The van der Waals surface area contributed by atoms with Gasteiger partial charge in [-0.15, -0.1) is 0 Å². The largest absolute Gasteiger partial charge is 0.316 e. The van der Waals surface area contributed by atoms with Gasteiger partial charge < -0.3 is 5.32 Å². The maximum absolute atomic E-state index is 14.3. The zero-order valence-electron chi connectivity index (χ0n) is 23.5. The molecule has 3 aromatic rings. The molecule has 1 heterocycles. The zero-order chi connectivity index (χ0) is 30.1. The number of amidine groups is 1. The van der Waals surface area contributed by atoms with Gasteiger partial charge in [0.2, 0.25) is 21.8 Å². The number of sulfonamides is 1. The van der Waals surface area contributed by atoms with Crippen LogP contribution in [0, 0.1) is 18.3 Å². The van der Waals surface area contributed by atoms with Crippen LogP contribution in [0.5, 0.6) is 0 Å². The lowest BCUT2D eigenvalue weighted by atomic mass is 9.96. The summed E-state index contributed by atoms with van der Waals surface area (Å²) < 4.78 is 29.6. The molecule has 1 saturated heterocycles. The second-order valence-electron chi connectivity index (χ2n) is 10.5. The van der Waals surface area contributed by atoms with Gasteiger partial charge in [0, 0.05) is 18.7 Å². The van der Waals surface area contributed by atoms with Gasteiger partial charge in [-0.2, -0.15) is 4.72 Å². The molecule has 11 heteroatoms. The average molecular weight is 592 g/mol. The fourth-order valence-electron chi connectivity index (χ4n) is 4.99. The molecular weight excluding hydrogens is 554 g/mol. The number of imide groups is 1. The van der Waals surface area contributed by atoms with Gasteiger partial charge in [0.1, 0.15) is 11.9 Å². The van der Waals surface area contributed by atoms with Crippen molar-refractivity contribution in [3.63, 3.8) is 0 Å². The molecule has 0 radical (unpaired) electrons. The number of rotatable bonds is 11. The molecule has 0 bridgehead atoms. The van der Waals surface area contributed by atoms with Crippen LogP contribution in [-0.4, -0.2) is 61.9 Å². The van der Waals surface area contributed by atoms with E-state index in [2.05, 4.69) is 10.0 Å². The van der Waals surface area contributed by atoms with Crippen molar-refractivity contribution in [2.24, 2.45) is 5.92 Å². The van der Waals surface area contributed by atoms with Crippen LogP contribution in [-0.2, 0) is 32.5 Å². The Morgan fingerprint density at radius 2 is 1.76 bits per heavy atom. The van der Waals surface area contributed by atoms with E-state index in [1.54, 1.807) is 41.9 Å². The quantitative estimate of drug-likeness (QED) is 0.131. The highest BCUT2D eigenvalue weighted by molar-refractivity contribution is 7.89. The molecule has 1 aliphatic heterocycles. The number of hydrogen-bond donors (Lipinski definition) is 5. The van der Waals surface area contributed by atoms with E-state index in [1.807, 2.05) is 37.3 Å². The average Bonchev–Trinajstić information content (AvgIpc) is 3.01. The first-order chi connectivity index (χ1) is 20.2. The van der Waals surface area contributed by atoms with Crippen molar-refractivity contribution in [2.75, 3.05) is 19.6 Å². The van der Waals surface area contributed by atoms with Crippen LogP contribution in [0.3, 0.4) is 0 Å². The van der Waals surface area contributed by atoms with Gasteiger partial charge in [-0.1, -0.05) is 66.2 Å². The van der Waals surface area contributed by atoms with E-state index in [4.69, 9.17) is 5.41 Å². The standard InChI is InChI=1S/C31H37N5O5S/c1-22-12-14-27(15-13-22)42(40,41)35-28(20-24-9-5-10-25(19-24)29(32)34-39)31(38)36(18-16-23-7-3-2-4-8-23)30(37)26-11-6-17-33-21-26/h2-5,7-10,12-15,19,26,28,33,35,39H,6,11,16-18,20-21H2,1H3,(H2,32,34)/t26?,28-/m0/s1. The predicted molar refractivity (Wildman–Crippen MR) is 160 cm³/mol. The van der Waals surface area contributed by atoms with Gasteiger partial charge in [-0.25, -0.2) is 8.42 Å². The molecule has 1 fully saturated rings. The van der Waals surface area contributed by atoms with Crippen molar-refractivity contribution in [2.45, 2.75) is 43.5 Å². The molecule has 3 aromatic carbocycles. The molecule has 5 N–H and O–H groups in total. The molecule has 1 aliphatic rings. The summed E-state index contributed by atoms with van der Waals surface area (Å²) in [6.07, 6.45) is 1.79. The molecule has 42 heavy (non-hydrogen) atoms. The first kappa shape index (κ1) is 31.0. The van der Waals surface area contributed by atoms with E-state index in [0.29, 0.717) is 30.5 Å². The number of aryl methyl sites for hydroxylation is 1. The Balaban J connectivity index is 1.69. The lowest BCUT2D eigenvalue weighted by Crippen LogP contribution is -2.54. The van der Waals surface area contributed by atoms with Crippen molar-refractivity contribution in [3.05, 3.63) is 101 Å². The first-order valence-electron chi connectivity index (χ1n) is 13.9. The molecule has 2 atom stereocenters. The maximum atomic E-state index is 14.3. The number of carbonyl (C=O) groups is 2. The minimum Gasteiger partial charge on any atom is -0.316 e. The highest BCUT2D eigenvalue weighted by Crippen LogP contribution is 2.19. The Morgan fingerprint density at radius 3 is 2.43 bits per heavy atom. The number of hydroxylamine groups is 1. The number of nitrogens with one attached hydrogen (secondary N) is 4. The first-order valence-corrected chi connectivity index (χ1v) is 15.4. The fourth-order valence-corrected chi connectivity index (χ4v) is 6.18. The minimum absolute atomic E-state index is 0.00421. The van der Waals surface area contributed by atoms with Gasteiger partial charge in [0.05, 0.1) is 10.8 Å². The van der Waals surface area contributed by atoms with E-state index in [1.165, 1.54) is 17.0 Å². The molecular formula is C31H37N5O5S. The summed E-state index contributed by atoms with van der Waals surface area (Å²) in [6.45, 7) is 3.19. The number of amides is 2. The van der Waals surface area contributed by atoms with Crippen LogP contribution in [0.2, 0.25) is 0 Å². The summed E-state index contributed by atoms with van der Waals surface area (Å²) in [6, 6.07) is 21.0. The molecule has 4 rings (SSSR count). The van der Waals surface area contributed by atoms with Crippen LogP contribution in [0.1, 0.15) is 35.1 Å². The van der Waals surface area contributed by atoms with E-state index in [-0.39, 0.29) is 29.6 Å². The number of piperidine rings is 1. The van der Waals surface area contributed by atoms with Gasteiger partial charge in [-0.3, -0.25) is 30.6 Å². The summed E-state index contributed by atoms with van der Waals surface area (Å²) in [5.41, 5.74) is 4.53. The smallest absolute Gasteiger partial charge is 0.247 e. The number of hydrogen-bond acceptors (Lipinski definition) is 7. The normalized spacial score (nSPS) is 15.9. The Hall–Kier alpha value is -3.90. The van der Waals surface area contributed by atoms with Gasteiger partial charge in [0.25, 0.3) is 0 Å². The molecule has 222 valence electrons. The molecule has 0 aromatic heterocycles. The maximum Gasteiger partial charge on any atom is 0.247 e. The van der Waals surface area contributed by atoms with Crippen molar-refractivity contribution in [1.82, 2.24) is 20.4 Å². The second-order valence-corrected chi connectivity index (χ2v) is 12.2. The van der Waals surface area contributed by atoms with Gasteiger partial charge >= 0.3 is 0 Å². The van der Waals surface area contributed by atoms with Crippen molar-refractivity contribution in [3.8, 4) is 0 Å². The van der Waals surface area contributed by atoms with Crippen molar-refractivity contribution >= 4 is 27.7 Å². The van der Waals surface area contributed by atoms with Crippen LogP contribution >= 0.6 is 0 Å². The van der Waals surface area contributed by atoms with Gasteiger partial charge in [0.15, 0.2) is 0 Å². The summed E-state index contributed by atoms with van der Waals surface area (Å²) in [7, 11) is -4.14. The van der Waals surface area contributed by atoms with Gasteiger partial charge in [-0.05, 0) is 68.5 Å². The number of carbonyl (C=O) groups excluding carboxylic acids is 2. The van der Waals surface area contributed by atoms with Crippen LogP contribution < -0.4 is 15.5 Å². The lowest BCUT2D eigenvalue weighted by Gasteiger charge is -2.31. The number of benzene rings is 3. The Bertz CT molecular complexity index is 1490. The molecule has 2 amide bonds. The van der Waals surface area contributed by atoms with Crippen molar-refractivity contribution < 1.29 is 23.2 Å². The van der Waals surface area contributed by atoms with Crippen molar-refractivity contribution in [1.29, 1.82) is 5.41 Å². The third-order valence-corrected chi connectivity index (χ3v) is 8.83. The number of nitrogens with zero attached hydrogens (tertiary/aromatic N) is 1. The fraction of sp³-hybridized carbons (Fsp3) is 0.323. The summed E-state index contributed by atoms with van der Waals surface area (Å²) in [4.78, 5) is 29.3. The van der Waals surface area contributed by atoms with Crippen LogP contribution in [0.4, 0.5) is 0 Å². The van der Waals surface area contributed by atoms with Crippen LogP contribution in [0.25, 0.3) is 0 Å². The third-order valence-electron chi connectivity index (χ3n) is 7.34. The molecule has 1 unspecified atom stereocenters. The zero-order valence-corrected chi connectivity index (χ0v) is 24.4. The molecule has 0 saturated carbocycles. The monoisotopic (exact) mass is 591 g/mol. The van der Waals surface area contributed by atoms with E-state index >= 15 is 0 Å². The van der Waals surface area contributed by atoms with E-state index in [9.17, 15) is 23.2 Å². The molecule has 0 aliphatic carbocycles. The summed E-state index contributed by atoms with van der Waals surface area (Å²) in [5.74, 6) is -1.61. The highest BCUT2D eigenvalue weighted by Gasteiger charge is 2.35. The molecule has 10 nitrogen and oxygen atoms in total. The Morgan fingerprint density at radius 1 is 1.05 bits per heavy atom. The SMILES string of the molecule is Cc1ccc(S(=O)(=O)N[C@@H](Cc2cccc(C(=N)NO)c2)C(=O)N(CCc2ccccc2)C(=O)C2CCCNC2)cc1. The lowest BCUT2D eigenvalue weighted by molar-refractivity contribution is -0.148. The second kappa shape index (κ2) is 14.3. The summed E-state index contributed by atoms with van der Waals surface area (Å²) in [5, 5.41) is 20.3. The Labute approximate surface area is 246 Å². The Kier molecular flexibility index (Phi) is 10.6. The third kappa shape index (κ3) is 8.10. The van der Waals surface area contributed by atoms with Crippen LogP contribution in [0.15, 0.2) is 83.8 Å². The minimum atomic E-state index is -4.14. The van der Waals surface area contributed by atoms with E-state index in [0.717, 1.165) is 24.1 Å². The highest BCUT2D eigenvalue weighted by atomic mass is 32.2. The predicted octanol–water partition coefficient (Wildman–Crippen LogP) is 2.79. The summed E-state index contributed by atoms with van der Waals surface area (Å²) >= 11 is 0. The van der Waals surface area contributed by atoms with E-state index < -0.39 is 27.9 Å².